The van der Waals surface area contributed by atoms with E-state index in [-0.39, 0.29) is 12.6 Å². The average Bonchev–Trinajstić information content (AvgIpc) is 2.60. The van der Waals surface area contributed by atoms with Gasteiger partial charge in [0.15, 0.2) is 17.5 Å². The highest BCUT2D eigenvalue weighted by Gasteiger charge is 2.28. The van der Waals surface area contributed by atoms with Crippen LogP contribution in [0.15, 0.2) is 30.7 Å². The van der Waals surface area contributed by atoms with Crippen LogP contribution in [-0.2, 0) is 0 Å². The van der Waals surface area contributed by atoms with E-state index in [0.29, 0.717) is 25.3 Å². The first kappa shape index (κ1) is 16.2. The molecule has 1 saturated heterocycles. The Hall–Kier alpha value is -2.64. The van der Waals surface area contributed by atoms with Gasteiger partial charge in [0.1, 0.15) is 12.4 Å². The smallest absolute Gasteiger partial charge is 0.257 e. The summed E-state index contributed by atoms with van der Waals surface area (Å²) in [5, 5.41) is 0. The van der Waals surface area contributed by atoms with E-state index < -0.39 is 28.9 Å². The summed E-state index contributed by atoms with van der Waals surface area (Å²) in [5.74, 6) is -4.76. The Morgan fingerprint density at radius 1 is 1.21 bits per heavy atom. The highest BCUT2D eigenvalue weighted by molar-refractivity contribution is 5.94. The number of hydrogen-bond donors (Lipinski definition) is 0. The van der Waals surface area contributed by atoms with E-state index in [4.69, 9.17) is 4.74 Å². The maximum atomic E-state index is 13.8. The van der Waals surface area contributed by atoms with Crippen molar-refractivity contribution in [1.29, 1.82) is 0 Å². The molecule has 2 aromatic rings. The Bertz CT molecular complexity index is 743. The number of benzene rings is 1. The summed E-state index contributed by atoms with van der Waals surface area (Å²) in [4.78, 5) is 21.5. The fourth-order valence-corrected chi connectivity index (χ4v) is 2.60. The standard InChI is InChI=1S/C16H14F3N3O2/c17-12-4-3-11(14(18)15(12)19)16(23)22-7-1-2-10(8-22)24-13-5-6-20-9-21-13/h3-6,9-10H,1-2,7-8H2. The van der Waals surface area contributed by atoms with Gasteiger partial charge in [0.05, 0.1) is 12.1 Å². The molecule has 126 valence electrons. The van der Waals surface area contributed by atoms with Crippen LogP contribution in [0.25, 0.3) is 0 Å². The van der Waals surface area contributed by atoms with E-state index in [0.717, 1.165) is 12.1 Å². The Balaban J connectivity index is 1.72. The first-order valence-corrected chi connectivity index (χ1v) is 7.41. The van der Waals surface area contributed by atoms with E-state index in [1.807, 2.05) is 0 Å². The van der Waals surface area contributed by atoms with E-state index in [9.17, 15) is 18.0 Å². The predicted octanol–water partition coefficient (Wildman–Crippen LogP) is 2.58. The summed E-state index contributed by atoms with van der Waals surface area (Å²) in [6.07, 6.45) is 3.91. The van der Waals surface area contributed by atoms with Crippen molar-refractivity contribution in [2.45, 2.75) is 18.9 Å². The first-order chi connectivity index (χ1) is 11.6. The van der Waals surface area contributed by atoms with Crippen molar-refractivity contribution < 1.29 is 22.7 Å². The van der Waals surface area contributed by atoms with E-state index >= 15 is 0 Å². The zero-order valence-electron chi connectivity index (χ0n) is 12.6. The van der Waals surface area contributed by atoms with Crippen LogP contribution in [0.5, 0.6) is 5.88 Å². The second-order valence-corrected chi connectivity index (χ2v) is 5.40. The predicted molar refractivity (Wildman–Crippen MR) is 77.9 cm³/mol. The molecule has 0 radical (unpaired) electrons. The summed E-state index contributed by atoms with van der Waals surface area (Å²) in [6.45, 7) is 0.599. The van der Waals surface area contributed by atoms with Gasteiger partial charge in [-0.3, -0.25) is 4.79 Å². The third-order valence-electron chi connectivity index (χ3n) is 3.77. The molecule has 1 aliphatic heterocycles. The van der Waals surface area contributed by atoms with Crippen molar-refractivity contribution >= 4 is 5.91 Å². The number of piperidine rings is 1. The number of hydrogen-bond acceptors (Lipinski definition) is 4. The van der Waals surface area contributed by atoms with Crippen molar-refractivity contribution in [2.24, 2.45) is 0 Å². The molecule has 1 atom stereocenters. The Morgan fingerprint density at radius 2 is 2.04 bits per heavy atom. The molecule has 0 saturated carbocycles. The zero-order chi connectivity index (χ0) is 17.1. The molecule has 24 heavy (non-hydrogen) atoms. The molecule has 1 aromatic heterocycles. The van der Waals surface area contributed by atoms with Crippen LogP contribution in [0.3, 0.4) is 0 Å². The number of amides is 1. The normalized spacial score (nSPS) is 17.6. The van der Waals surface area contributed by atoms with Crippen molar-refractivity contribution in [2.75, 3.05) is 13.1 Å². The Kier molecular flexibility index (Phi) is 4.64. The number of aromatic nitrogens is 2. The second kappa shape index (κ2) is 6.86. The van der Waals surface area contributed by atoms with Gasteiger partial charge < -0.3 is 9.64 Å². The minimum atomic E-state index is -1.65. The molecular formula is C16H14F3N3O2. The number of carbonyl (C=O) groups excluding carboxylic acids is 1. The molecule has 2 heterocycles. The lowest BCUT2D eigenvalue weighted by molar-refractivity contribution is 0.0522. The lowest BCUT2D eigenvalue weighted by Crippen LogP contribution is -2.44. The lowest BCUT2D eigenvalue weighted by atomic mass is 10.1. The highest BCUT2D eigenvalue weighted by atomic mass is 19.2. The monoisotopic (exact) mass is 337 g/mol. The Morgan fingerprint density at radius 3 is 2.79 bits per heavy atom. The lowest BCUT2D eigenvalue weighted by Gasteiger charge is -2.32. The molecule has 0 bridgehead atoms. The maximum absolute atomic E-state index is 13.8. The van der Waals surface area contributed by atoms with Gasteiger partial charge >= 0.3 is 0 Å². The number of carbonyl (C=O) groups is 1. The van der Waals surface area contributed by atoms with Crippen molar-refractivity contribution in [3.05, 3.63) is 53.7 Å². The van der Waals surface area contributed by atoms with Gasteiger partial charge in [-0.1, -0.05) is 0 Å². The number of nitrogens with zero attached hydrogens (tertiary/aromatic N) is 3. The molecule has 0 N–H and O–H groups in total. The minimum absolute atomic E-state index is 0.210. The van der Waals surface area contributed by atoms with Crippen molar-refractivity contribution in [1.82, 2.24) is 14.9 Å². The fraction of sp³-hybridized carbons (Fsp3) is 0.312. The second-order valence-electron chi connectivity index (χ2n) is 5.40. The number of ether oxygens (including phenoxy) is 1. The van der Waals surface area contributed by atoms with E-state index in [1.165, 1.54) is 17.4 Å². The van der Waals surface area contributed by atoms with Gasteiger partial charge in [-0.15, -0.1) is 0 Å². The van der Waals surface area contributed by atoms with Crippen molar-refractivity contribution in [3.63, 3.8) is 0 Å². The summed E-state index contributed by atoms with van der Waals surface area (Å²) in [5.41, 5.74) is -0.489. The van der Waals surface area contributed by atoms with Crippen LogP contribution in [-0.4, -0.2) is 40.0 Å². The summed E-state index contributed by atoms with van der Waals surface area (Å²) in [7, 11) is 0. The van der Waals surface area contributed by atoms with E-state index in [1.54, 1.807) is 6.07 Å². The quantitative estimate of drug-likeness (QED) is 0.808. The molecule has 5 nitrogen and oxygen atoms in total. The van der Waals surface area contributed by atoms with Crippen molar-refractivity contribution in [3.8, 4) is 5.88 Å². The van der Waals surface area contributed by atoms with Gasteiger partial charge in [-0.05, 0) is 25.0 Å². The third-order valence-corrected chi connectivity index (χ3v) is 3.77. The number of likely N-dealkylation sites (tertiary alicyclic amines) is 1. The maximum Gasteiger partial charge on any atom is 0.257 e. The third kappa shape index (κ3) is 3.32. The van der Waals surface area contributed by atoms with Gasteiger partial charge in [0, 0.05) is 18.8 Å². The molecule has 8 heteroatoms. The molecule has 1 amide bonds. The number of rotatable bonds is 3. The SMILES string of the molecule is O=C(c1ccc(F)c(F)c1F)N1CCCC(Oc2ccncn2)C1. The molecule has 1 fully saturated rings. The summed E-state index contributed by atoms with van der Waals surface area (Å²) < 4.78 is 45.8. The molecule has 1 aliphatic rings. The van der Waals surface area contributed by atoms with Gasteiger partial charge in [0.2, 0.25) is 5.88 Å². The van der Waals surface area contributed by atoms with Gasteiger partial charge in [-0.25, -0.2) is 23.1 Å². The summed E-state index contributed by atoms with van der Waals surface area (Å²) >= 11 is 0. The van der Waals surface area contributed by atoms with Gasteiger partial charge in [0.25, 0.3) is 5.91 Å². The molecule has 3 rings (SSSR count). The molecule has 1 aromatic carbocycles. The average molecular weight is 337 g/mol. The first-order valence-electron chi connectivity index (χ1n) is 7.41. The topological polar surface area (TPSA) is 55.3 Å². The minimum Gasteiger partial charge on any atom is -0.472 e. The van der Waals surface area contributed by atoms with Crippen LogP contribution in [0, 0.1) is 17.5 Å². The fourth-order valence-electron chi connectivity index (χ4n) is 2.60. The van der Waals surface area contributed by atoms with E-state index in [2.05, 4.69) is 9.97 Å². The van der Waals surface area contributed by atoms with Crippen LogP contribution >= 0.6 is 0 Å². The molecule has 0 spiro atoms. The highest BCUT2D eigenvalue weighted by Crippen LogP contribution is 2.21. The van der Waals surface area contributed by atoms with Crippen LogP contribution in [0.1, 0.15) is 23.2 Å². The Labute approximate surface area is 136 Å². The van der Waals surface area contributed by atoms with Crippen LogP contribution in [0.2, 0.25) is 0 Å². The van der Waals surface area contributed by atoms with Crippen LogP contribution < -0.4 is 4.74 Å². The summed E-state index contributed by atoms with van der Waals surface area (Å²) in [6, 6.07) is 3.28. The molecular weight excluding hydrogens is 323 g/mol. The van der Waals surface area contributed by atoms with Gasteiger partial charge in [-0.2, -0.15) is 0 Å². The zero-order valence-corrected chi connectivity index (χ0v) is 12.6. The van der Waals surface area contributed by atoms with Crippen LogP contribution in [0.4, 0.5) is 13.2 Å². The molecule has 1 unspecified atom stereocenters. The largest absolute Gasteiger partial charge is 0.472 e. The number of halogens is 3. The molecule has 0 aliphatic carbocycles.